The molecule has 0 saturated heterocycles. The first-order chi connectivity index (χ1) is 11.5. The lowest BCUT2D eigenvalue weighted by Crippen LogP contribution is -2.45. The van der Waals surface area contributed by atoms with E-state index in [1.165, 1.54) is 6.07 Å². The number of carbonyl (C=O) groups excluding carboxylic acids is 1. The number of nitro groups is 1. The summed E-state index contributed by atoms with van der Waals surface area (Å²) < 4.78 is 5.05. The van der Waals surface area contributed by atoms with E-state index < -0.39 is 10.5 Å². The first kappa shape index (κ1) is 16.1. The third-order valence-electron chi connectivity index (χ3n) is 4.33. The fourth-order valence-electron chi connectivity index (χ4n) is 3.20. The largest absolute Gasteiger partial charge is 0.343 e. The second kappa shape index (κ2) is 6.38. The SMILES string of the molecule is Cc1nc(C2(NC(=O)Cc3ccccc3[N+](=O)[O-])CCCC2)no1. The van der Waals surface area contributed by atoms with Gasteiger partial charge >= 0.3 is 0 Å². The molecule has 0 radical (unpaired) electrons. The van der Waals surface area contributed by atoms with Gasteiger partial charge in [0.2, 0.25) is 11.8 Å². The van der Waals surface area contributed by atoms with Crippen LogP contribution in [-0.4, -0.2) is 21.0 Å². The van der Waals surface area contributed by atoms with Gasteiger partial charge in [-0.15, -0.1) is 0 Å². The van der Waals surface area contributed by atoms with E-state index in [0.29, 0.717) is 17.3 Å². The van der Waals surface area contributed by atoms with Crippen LogP contribution in [0.5, 0.6) is 0 Å². The average Bonchev–Trinajstić information content (AvgIpc) is 3.17. The van der Waals surface area contributed by atoms with Gasteiger partial charge in [-0.3, -0.25) is 14.9 Å². The second-order valence-electron chi connectivity index (χ2n) is 6.04. The first-order valence-corrected chi connectivity index (χ1v) is 7.84. The first-order valence-electron chi connectivity index (χ1n) is 7.84. The van der Waals surface area contributed by atoms with Gasteiger partial charge in [0, 0.05) is 18.6 Å². The van der Waals surface area contributed by atoms with Crippen LogP contribution in [0, 0.1) is 17.0 Å². The molecule has 0 spiro atoms. The van der Waals surface area contributed by atoms with Gasteiger partial charge in [0.25, 0.3) is 5.69 Å². The number of nitrogens with one attached hydrogen (secondary N) is 1. The summed E-state index contributed by atoms with van der Waals surface area (Å²) in [7, 11) is 0. The summed E-state index contributed by atoms with van der Waals surface area (Å²) in [4.78, 5) is 27.4. The van der Waals surface area contributed by atoms with Crippen molar-refractivity contribution in [2.24, 2.45) is 0 Å². The van der Waals surface area contributed by atoms with E-state index in [1.54, 1.807) is 25.1 Å². The van der Waals surface area contributed by atoms with E-state index in [9.17, 15) is 14.9 Å². The number of nitro benzene ring substituents is 1. The standard InChI is InChI=1S/C16H18N4O4/c1-11-17-15(19-24-11)16(8-4-5-9-16)18-14(21)10-12-6-2-3-7-13(12)20(22)23/h2-3,6-7H,4-5,8-10H2,1H3,(H,18,21). The number of benzene rings is 1. The molecule has 2 aromatic rings. The highest BCUT2D eigenvalue weighted by Crippen LogP contribution is 2.37. The quantitative estimate of drug-likeness (QED) is 0.665. The zero-order chi connectivity index (χ0) is 17.2. The molecule has 8 nitrogen and oxygen atoms in total. The van der Waals surface area contributed by atoms with Crippen molar-refractivity contribution in [1.82, 2.24) is 15.5 Å². The molecule has 24 heavy (non-hydrogen) atoms. The van der Waals surface area contributed by atoms with Crippen molar-refractivity contribution in [3.8, 4) is 0 Å². The Labute approximate surface area is 138 Å². The summed E-state index contributed by atoms with van der Waals surface area (Å²) >= 11 is 0. The molecule has 0 bridgehead atoms. The molecule has 1 saturated carbocycles. The molecular weight excluding hydrogens is 312 g/mol. The third kappa shape index (κ3) is 3.12. The van der Waals surface area contributed by atoms with Crippen LogP contribution in [-0.2, 0) is 16.8 Å². The molecular formula is C16H18N4O4. The van der Waals surface area contributed by atoms with Gasteiger partial charge in [0.05, 0.1) is 11.3 Å². The van der Waals surface area contributed by atoms with Crippen LogP contribution in [0.3, 0.4) is 0 Å². The molecule has 0 aliphatic heterocycles. The maximum Gasteiger partial charge on any atom is 0.273 e. The minimum Gasteiger partial charge on any atom is -0.343 e. The molecule has 1 heterocycles. The maximum atomic E-state index is 12.5. The minimum absolute atomic E-state index is 0.0523. The highest BCUT2D eigenvalue weighted by atomic mass is 16.6. The number of hydrogen-bond donors (Lipinski definition) is 1. The Morgan fingerprint density at radius 1 is 1.38 bits per heavy atom. The summed E-state index contributed by atoms with van der Waals surface area (Å²) in [6.45, 7) is 1.70. The Bertz CT molecular complexity index is 765. The molecule has 8 heteroatoms. The van der Waals surface area contributed by atoms with Crippen LogP contribution in [0.2, 0.25) is 0 Å². The Morgan fingerprint density at radius 3 is 2.71 bits per heavy atom. The van der Waals surface area contributed by atoms with Crippen molar-refractivity contribution in [1.29, 1.82) is 0 Å². The van der Waals surface area contributed by atoms with Crippen molar-refractivity contribution >= 4 is 11.6 Å². The summed E-state index contributed by atoms with van der Waals surface area (Å²) in [6.07, 6.45) is 3.32. The normalized spacial score (nSPS) is 16.0. The molecule has 0 atom stereocenters. The van der Waals surface area contributed by atoms with Crippen molar-refractivity contribution in [3.63, 3.8) is 0 Å². The number of amides is 1. The number of aromatic nitrogens is 2. The second-order valence-corrected chi connectivity index (χ2v) is 6.04. The Balaban J connectivity index is 1.79. The average molecular weight is 330 g/mol. The number of rotatable bonds is 5. The summed E-state index contributed by atoms with van der Waals surface area (Å²) in [6, 6.07) is 6.26. The molecule has 1 aromatic carbocycles. The van der Waals surface area contributed by atoms with Gasteiger partial charge in [-0.2, -0.15) is 4.98 Å². The smallest absolute Gasteiger partial charge is 0.273 e. The van der Waals surface area contributed by atoms with Gasteiger partial charge < -0.3 is 9.84 Å². The maximum absolute atomic E-state index is 12.5. The number of carbonyl (C=O) groups is 1. The number of aryl methyl sites for hydroxylation is 1. The van der Waals surface area contributed by atoms with E-state index in [1.807, 2.05) is 0 Å². The van der Waals surface area contributed by atoms with E-state index in [-0.39, 0.29) is 18.0 Å². The lowest BCUT2D eigenvalue weighted by Gasteiger charge is -2.26. The van der Waals surface area contributed by atoms with Gasteiger partial charge in [-0.25, -0.2) is 0 Å². The van der Waals surface area contributed by atoms with Crippen molar-refractivity contribution in [2.45, 2.75) is 44.6 Å². The third-order valence-corrected chi connectivity index (χ3v) is 4.33. The van der Waals surface area contributed by atoms with Crippen LogP contribution >= 0.6 is 0 Å². The zero-order valence-corrected chi connectivity index (χ0v) is 13.3. The van der Waals surface area contributed by atoms with Gasteiger partial charge in [-0.05, 0) is 12.8 Å². The molecule has 3 rings (SSSR count). The predicted molar refractivity (Wildman–Crippen MR) is 84.1 cm³/mol. The van der Waals surface area contributed by atoms with E-state index in [2.05, 4.69) is 15.5 Å². The molecule has 1 N–H and O–H groups in total. The lowest BCUT2D eigenvalue weighted by molar-refractivity contribution is -0.385. The lowest BCUT2D eigenvalue weighted by atomic mass is 9.95. The van der Waals surface area contributed by atoms with E-state index in [0.717, 1.165) is 25.7 Å². The highest BCUT2D eigenvalue weighted by Gasteiger charge is 2.41. The van der Waals surface area contributed by atoms with Crippen LogP contribution in [0.15, 0.2) is 28.8 Å². The minimum atomic E-state index is -0.640. The molecule has 1 fully saturated rings. The van der Waals surface area contributed by atoms with E-state index >= 15 is 0 Å². The molecule has 126 valence electrons. The topological polar surface area (TPSA) is 111 Å². The van der Waals surface area contributed by atoms with Crippen molar-refractivity contribution < 1.29 is 14.2 Å². The van der Waals surface area contributed by atoms with Gasteiger partial charge in [0.1, 0.15) is 5.54 Å². The molecule has 1 aliphatic carbocycles. The zero-order valence-electron chi connectivity index (χ0n) is 13.3. The monoisotopic (exact) mass is 330 g/mol. The number of para-hydroxylation sites is 1. The number of hydrogen-bond acceptors (Lipinski definition) is 6. The van der Waals surface area contributed by atoms with Crippen LogP contribution < -0.4 is 5.32 Å². The van der Waals surface area contributed by atoms with Gasteiger partial charge in [0.15, 0.2) is 5.82 Å². The van der Waals surface area contributed by atoms with E-state index in [4.69, 9.17) is 4.52 Å². The van der Waals surface area contributed by atoms with Crippen LogP contribution in [0.25, 0.3) is 0 Å². The van der Waals surface area contributed by atoms with Gasteiger partial charge in [-0.1, -0.05) is 36.2 Å². The van der Waals surface area contributed by atoms with Crippen LogP contribution in [0.1, 0.15) is 43.0 Å². The Kier molecular flexibility index (Phi) is 4.28. The number of nitrogens with zero attached hydrogens (tertiary/aromatic N) is 3. The van der Waals surface area contributed by atoms with Crippen molar-refractivity contribution in [3.05, 3.63) is 51.7 Å². The highest BCUT2D eigenvalue weighted by molar-refractivity contribution is 5.80. The fourth-order valence-corrected chi connectivity index (χ4v) is 3.20. The Hall–Kier alpha value is -2.77. The van der Waals surface area contributed by atoms with Crippen molar-refractivity contribution in [2.75, 3.05) is 0 Å². The summed E-state index contributed by atoms with van der Waals surface area (Å²) in [5, 5.41) is 18.0. The summed E-state index contributed by atoms with van der Waals surface area (Å²) in [5.41, 5.74) is -0.306. The molecule has 1 aromatic heterocycles. The predicted octanol–water partition coefficient (Wildman–Crippen LogP) is 2.41. The Morgan fingerprint density at radius 2 is 2.08 bits per heavy atom. The molecule has 1 aliphatic rings. The fraction of sp³-hybridized carbons (Fsp3) is 0.438. The summed E-state index contributed by atoms with van der Waals surface area (Å²) in [5.74, 6) is 0.645. The van der Waals surface area contributed by atoms with Crippen LogP contribution in [0.4, 0.5) is 5.69 Å². The molecule has 0 unspecified atom stereocenters. The molecule has 1 amide bonds.